The molecule has 1 fully saturated rings. The van der Waals surface area contributed by atoms with E-state index in [-0.39, 0.29) is 24.3 Å². The van der Waals surface area contributed by atoms with Crippen molar-refractivity contribution in [2.45, 2.75) is 69.7 Å². The Morgan fingerprint density at radius 3 is 2.79 bits per heavy atom. The van der Waals surface area contributed by atoms with Crippen LogP contribution in [0.3, 0.4) is 0 Å². The molecule has 3 heterocycles. The van der Waals surface area contributed by atoms with E-state index in [1.807, 2.05) is 44.7 Å². The van der Waals surface area contributed by atoms with Crippen LogP contribution in [0.15, 0.2) is 21.8 Å². The van der Waals surface area contributed by atoms with Gasteiger partial charge in [0.1, 0.15) is 16.1 Å². The highest BCUT2D eigenvalue weighted by atomic mass is 79.9. The van der Waals surface area contributed by atoms with E-state index in [0.29, 0.717) is 39.8 Å². The summed E-state index contributed by atoms with van der Waals surface area (Å²) in [5.74, 6) is -0.387. The summed E-state index contributed by atoms with van der Waals surface area (Å²) < 4.78 is 23.1. The van der Waals surface area contributed by atoms with Crippen LogP contribution in [0.25, 0.3) is 21.8 Å². The Kier molecular flexibility index (Phi) is 6.80. The van der Waals surface area contributed by atoms with E-state index in [0.717, 1.165) is 16.5 Å². The number of likely N-dealkylation sites (tertiary alicyclic amines) is 1. The largest absolute Gasteiger partial charge is 0.444 e. The molecule has 2 atom stereocenters. The summed E-state index contributed by atoms with van der Waals surface area (Å²) in [7, 11) is 0. The molecule has 1 amide bonds. The van der Waals surface area contributed by atoms with Gasteiger partial charge in [0.15, 0.2) is 5.82 Å². The maximum absolute atomic E-state index is 15.2. The van der Waals surface area contributed by atoms with Gasteiger partial charge in [0.25, 0.3) is 0 Å². The minimum atomic E-state index is -0.611. The number of pyridine rings is 1. The van der Waals surface area contributed by atoms with E-state index >= 15 is 4.39 Å². The normalized spacial score (nSPS) is 18.9. The van der Waals surface area contributed by atoms with Crippen molar-refractivity contribution >= 4 is 55.6 Å². The van der Waals surface area contributed by atoms with Gasteiger partial charge >= 0.3 is 6.09 Å². The Labute approximate surface area is 210 Å². The zero-order valence-electron chi connectivity index (χ0n) is 19.9. The van der Waals surface area contributed by atoms with Gasteiger partial charge in [0.2, 0.25) is 0 Å². The maximum atomic E-state index is 15.2. The van der Waals surface area contributed by atoms with E-state index in [2.05, 4.69) is 27.0 Å². The predicted octanol–water partition coefficient (Wildman–Crippen LogP) is 6.37. The Bertz CT molecular complexity index is 1310. The van der Waals surface area contributed by atoms with Gasteiger partial charge in [-0.3, -0.25) is 4.68 Å². The molecule has 0 spiro atoms. The predicted molar refractivity (Wildman–Crippen MR) is 134 cm³/mol. The van der Waals surface area contributed by atoms with Crippen molar-refractivity contribution in [3.05, 3.63) is 28.1 Å². The highest BCUT2D eigenvalue weighted by molar-refractivity contribution is 9.10. The Morgan fingerprint density at radius 2 is 2.15 bits per heavy atom. The van der Waals surface area contributed by atoms with E-state index < -0.39 is 11.7 Å². The first kappa shape index (κ1) is 24.7. The van der Waals surface area contributed by atoms with Crippen LogP contribution in [-0.2, 0) is 4.74 Å². The van der Waals surface area contributed by atoms with Crippen molar-refractivity contribution < 1.29 is 13.9 Å². The number of aromatic nitrogens is 3. The van der Waals surface area contributed by atoms with E-state index in [1.165, 1.54) is 11.8 Å². The van der Waals surface area contributed by atoms with Crippen molar-refractivity contribution in [2.75, 3.05) is 12.8 Å². The average molecular weight is 548 g/mol. The average Bonchev–Trinajstić information content (AvgIpc) is 3.22. The number of fused-ring (bicyclic) bond motifs is 3. The molecule has 0 radical (unpaired) electrons. The van der Waals surface area contributed by atoms with Gasteiger partial charge in [-0.1, -0.05) is 0 Å². The van der Waals surface area contributed by atoms with Crippen molar-refractivity contribution in [1.29, 1.82) is 5.26 Å². The Balaban J connectivity index is 1.79. The van der Waals surface area contributed by atoms with E-state index in [1.54, 1.807) is 11.1 Å². The topological polar surface area (TPSA) is 84.0 Å². The molecule has 0 aliphatic carbocycles. The van der Waals surface area contributed by atoms with Crippen LogP contribution < -0.4 is 0 Å². The van der Waals surface area contributed by atoms with Crippen molar-refractivity contribution in [3.8, 4) is 6.07 Å². The molecule has 1 aliphatic rings. The molecule has 3 aromatic rings. The van der Waals surface area contributed by atoms with Crippen molar-refractivity contribution in [3.63, 3.8) is 0 Å². The summed E-state index contributed by atoms with van der Waals surface area (Å²) >= 11 is 4.79. The molecule has 34 heavy (non-hydrogen) atoms. The third kappa shape index (κ3) is 4.48. The molecule has 1 saturated heterocycles. The van der Waals surface area contributed by atoms with Crippen LogP contribution in [0.1, 0.15) is 51.6 Å². The molecule has 1 aromatic carbocycles. The van der Waals surface area contributed by atoms with Gasteiger partial charge in [-0.05, 0) is 74.4 Å². The van der Waals surface area contributed by atoms with Crippen LogP contribution in [0.5, 0.6) is 0 Å². The summed E-state index contributed by atoms with van der Waals surface area (Å²) in [6.45, 7) is 7.78. The first-order valence-electron chi connectivity index (χ1n) is 11.1. The van der Waals surface area contributed by atoms with Gasteiger partial charge < -0.3 is 9.64 Å². The number of nitriles is 1. The first-order chi connectivity index (χ1) is 16.1. The monoisotopic (exact) mass is 547 g/mol. The number of hydrogen-bond donors (Lipinski definition) is 0. The summed E-state index contributed by atoms with van der Waals surface area (Å²) in [6.07, 6.45) is 4.69. The molecule has 0 saturated carbocycles. The molecule has 1 aliphatic heterocycles. The van der Waals surface area contributed by atoms with E-state index in [4.69, 9.17) is 9.84 Å². The van der Waals surface area contributed by atoms with Crippen LogP contribution in [0.2, 0.25) is 0 Å². The number of piperidine rings is 1. The molecular weight excluding hydrogens is 521 g/mol. The molecule has 10 heteroatoms. The molecule has 0 N–H and O–H groups in total. The number of amides is 1. The summed E-state index contributed by atoms with van der Waals surface area (Å²) in [5.41, 5.74) is 1.30. The molecule has 2 aromatic heterocycles. The molecule has 180 valence electrons. The number of aryl methyl sites for hydroxylation is 1. The number of ether oxygens (including phenoxy) is 1. The highest BCUT2D eigenvalue weighted by Crippen LogP contribution is 2.39. The Morgan fingerprint density at radius 1 is 1.41 bits per heavy atom. The fraction of sp³-hybridized carbons (Fsp3) is 0.500. The van der Waals surface area contributed by atoms with Crippen LogP contribution >= 0.6 is 27.7 Å². The van der Waals surface area contributed by atoms with Crippen LogP contribution in [0, 0.1) is 24.1 Å². The summed E-state index contributed by atoms with van der Waals surface area (Å²) in [4.78, 5) is 19.0. The lowest BCUT2D eigenvalue weighted by molar-refractivity contribution is 0.00565. The number of hydrogen-bond acceptors (Lipinski definition) is 6. The summed E-state index contributed by atoms with van der Waals surface area (Å²) in [5, 5.41) is 16.4. The zero-order valence-corrected chi connectivity index (χ0v) is 22.3. The lowest BCUT2D eigenvalue weighted by atomic mass is 9.95. The standard InChI is InChI=1S/C24H27BrFN5O2S/c1-13-10-16-20(19(26)18(13)25)29-22(34-5)17-12-28-31(21(16)17)15-7-9-30(14(11-15)6-8-27)23(32)33-24(2,3)4/h10,12,14-15H,6-7,9,11H2,1-5H3/t14-,15+/m1/s1. The second kappa shape index (κ2) is 9.34. The van der Waals surface area contributed by atoms with Crippen LogP contribution in [-0.4, -0.2) is 50.2 Å². The minimum Gasteiger partial charge on any atom is -0.444 e. The quantitative estimate of drug-likeness (QED) is 0.354. The number of carbonyl (C=O) groups is 1. The smallest absolute Gasteiger partial charge is 0.410 e. The fourth-order valence-corrected chi connectivity index (χ4v) is 5.38. The molecular formula is C24H27BrFN5O2S. The maximum Gasteiger partial charge on any atom is 0.410 e. The van der Waals surface area contributed by atoms with Gasteiger partial charge in [0.05, 0.1) is 46.1 Å². The lowest BCUT2D eigenvalue weighted by Gasteiger charge is -2.39. The number of carbonyl (C=O) groups excluding carboxylic acids is 1. The highest BCUT2D eigenvalue weighted by Gasteiger charge is 2.36. The third-order valence-corrected chi connectivity index (χ3v) is 7.71. The fourth-order valence-electron chi connectivity index (χ4n) is 4.53. The number of benzene rings is 1. The van der Waals surface area contributed by atoms with E-state index in [9.17, 15) is 10.1 Å². The van der Waals surface area contributed by atoms with Gasteiger partial charge in [-0.2, -0.15) is 10.4 Å². The summed E-state index contributed by atoms with van der Waals surface area (Å²) in [6, 6.07) is 3.80. The molecule has 7 nitrogen and oxygen atoms in total. The van der Waals surface area contributed by atoms with Gasteiger partial charge in [0, 0.05) is 11.9 Å². The number of rotatable bonds is 3. The van der Waals surface area contributed by atoms with Crippen LogP contribution in [0.4, 0.5) is 9.18 Å². The molecule has 4 rings (SSSR count). The minimum absolute atomic E-state index is 0.0538. The lowest BCUT2D eigenvalue weighted by Crippen LogP contribution is -2.48. The SMILES string of the molecule is CSc1nc2c(F)c(Br)c(C)cc2c2c1cnn2[C@H]1CCN(C(=O)OC(C)(C)C)[C@H](CC#N)C1. The Hall–Kier alpha value is -2.38. The first-order valence-corrected chi connectivity index (χ1v) is 13.1. The van der Waals surface area contributed by atoms with Gasteiger partial charge in [-0.15, -0.1) is 11.8 Å². The number of halogens is 2. The molecule has 0 bridgehead atoms. The van der Waals surface area contributed by atoms with Gasteiger partial charge in [-0.25, -0.2) is 14.2 Å². The van der Waals surface area contributed by atoms with Crippen molar-refractivity contribution in [2.24, 2.45) is 0 Å². The number of thioether (sulfide) groups is 1. The zero-order chi connectivity index (χ0) is 24.8. The second-order valence-corrected chi connectivity index (χ2v) is 11.1. The second-order valence-electron chi connectivity index (χ2n) is 9.56. The molecule has 0 unspecified atom stereocenters. The van der Waals surface area contributed by atoms with Crippen molar-refractivity contribution in [1.82, 2.24) is 19.7 Å². The third-order valence-electron chi connectivity index (χ3n) is 6.04. The number of nitrogens with zero attached hydrogens (tertiary/aromatic N) is 5.